The topological polar surface area (TPSA) is 51.0 Å². The summed E-state index contributed by atoms with van der Waals surface area (Å²) >= 11 is 0. The van der Waals surface area contributed by atoms with Gasteiger partial charge in [0.2, 0.25) is 0 Å². The van der Waals surface area contributed by atoms with Crippen molar-refractivity contribution in [3.8, 4) is 0 Å². The number of esters is 1. The van der Waals surface area contributed by atoms with Crippen LogP contribution in [0.3, 0.4) is 0 Å². The third kappa shape index (κ3) is 0.994. The standard InChI is InChI=1S/C11H14N2O2/c1-15-10(14)11-4-7(5-11)9(11)8-6-12-2-3-13-8/h2-3,7-9H,4-6H2,1H3. The molecule has 4 nitrogen and oxygen atoms in total. The number of methoxy groups -OCH3 is 1. The Morgan fingerprint density at radius 3 is 2.73 bits per heavy atom. The van der Waals surface area contributed by atoms with E-state index in [1.165, 1.54) is 7.11 Å². The molecule has 80 valence electrons. The van der Waals surface area contributed by atoms with Crippen LogP contribution in [0.2, 0.25) is 0 Å². The maximum atomic E-state index is 11.7. The first-order valence-corrected chi connectivity index (χ1v) is 5.38. The van der Waals surface area contributed by atoms with E-state index in [2.05, 4.69) is 9.98 Å². The average molecular weight is 206 g/mol. The number of rotatable bonds is 2. The Labute approximate surface area is 88.4 Å². The maximum Gasteiger partial charge on any atom is 0.312 e. The van der Waals surface area contributed by atoms with Crippen LogP contribution in [0.15, 0.2) is 9.98 Å². The van der Waals surface area contributed by atoms with E-state index in [0.29, 0.717) is 11.8 Å². The van der Waals surface area contributed by atoms with E-state index in [-0.39, 0.29) is 17.4 Å². The van der Waals surface area contributed by atoms with Gasteiger partial charge >= 0.3 is 5.97 Å². The second kappa shape index (κ2) is 2.90. The molecule has 0 aromatic carbocycles. The van der Waals surface area contributed by atoms with E-state index in [1.807, 2.05) is 0 Å². The summed E-state index contributed by atoms with van der Waals surface area (Å²) in [4.78, 5) is 20.3. The molecule has 1 aliphatic heterocycles. The molecule has 0 N–H and O–H groups in total. The summed E-state index contributed by atoms with van der Waals surface area (Å²) in [5.41, 5.74) is -0.200. The first-order chi connectivity index (χ1) is 7.28. The summed E-state index contributed by atoms with van der Waals surface area (Å²) in [5, 5.41) is 0. The van der Waals surface area contributed by atoms with Crippen molar-refractivity contribution in [3.63, 3.8) is 0 Å². The smallest absolute Gasteiger partial charge is 0.312 e. The van der Waals surface area contributed by atoms with E-state index in [1.54, 1.807) is 12.4 Å². The van der Waals surface area contributed by atoms with Crippen LogP contribution in [0.25, 0.3) is 0 Å². The van der Waals surface area contributed by atoms with Gasteiger partial charge in [0.05, 0.1) is 25.1 Å². The highest BCUT2D eigenvalue weighted by atomic mass is 16.5. The van der Waals surface area contributed by atoms with Gasteiger partial charge in [-0.1, -0.05) is 0 Å². The van der Waals surface area contributed by atoms with Gasteiger partial charge in [0.1, 0.15) is 0 Å². The number of hydrogen-bond donors (Lipinski definition) is 0. The Morgan fingerprint density at radius 2 is 2.27 bits per heavy atom. The van der Waals surface area contributed by atoms with Crippen LogP contribution in [-0.4, -0.2) is 38.1 Å². The second-order valence-corrected chi connectivity index (χ2v) is 4.72. The van der Waals surface area contributed by atoms with Crippen molar-refractivity contribution in [1.29, 1.82) is 0 Å². The van der Waals surface area contributed by atoms with Crippen molar-refractivity contribution in [2.24, 2.45) is 27.2 Å². The minimum atomic E-state index is -0.200. The molecule has 4 rings (SSSR count). The molecule has 15 heavy (non-hydrogen) atoms. The van der Waals surface area contributed by atoms with Gasteiger partial charge in [0, 0.05) is 18.3 Å². The summed E-state index contributed by atoms with van der Waals surface area (Å²) < 4.78 is 4.89. The third-order valence-corrected chi connectivity index (χ3v) is 4.15. The Bertz CT molecular complexity index is 356. The molecule has 1 heterocycles. The minimum absolute atomic E-state index is 0.0419. The summed E-state index contributed by atoms with van der Waals surface area (Å²) in [6, 6.07) is 0.210. The molecule has 4 aliphatic rings. The van der Waals surface area contributed by atoms with Gasteiger partial charge in [0.15, 0.2) is 0 Å². The molecule has 3 saturated carbocycles. The van der Waals surface area contributed by atoms with Crippen molar-refractivity contribution < 1.29 is 9.53 Å². The molecule has 4 heteroatoms. The molecule has 3 aliphatic carbocycles. The lowest BCUT2D eigenvalue weighted by atomic mass is 9.36. The van der Waals surface area contributed by atoms with E-state index in [4.69, 9.17) is 4.74 Å². The predicted molar refractivity (Wildman–Crippen MR) is 56.3 cm³/mol. The van der Waals surface area contributed by atoms with Crippen molar-refractivity contribution in [1.82, 2.24) is 0 Å². The molecule has 0 aromatic rings. The number of carbonyl (C=O) groups is 1. The quantitative estimate of drug-likeness (QED) is 0.625. The van der Waals surface area contributed by atoms with Gasteiger partial charge in [0.25, 0.3) is 0 Å². The molecular formula is C11H14N2O2. The van der Waals surface area contributed by atoms with E-state index in [9.17, 15) is 4.79 Å². The van der Waals surface area contributed by atoms with Crippen LogP contribution in [-0.2, 0) is 9.53 Å². The normalized spacial score (nSPS) is 45.5. The van der Waals surface area contributed by atoms with E-state index >= 15 is 0 Å². The number of aliphatic imine (C=N–C) groups is 2. The van der Waals surface area contributed by atoms with E-state index < -0.39 is 0 Å². The first kappa shape index (κ1) is 9.07. The fourth-order valence-corrected chi connectivity index (χ4v) is 3.34. The van der Waals surface area contributed by atoms with Crippen molar-refractivity contribution >= 4 is 18.4 Å². The Balaban J connectivity index is 1.77. The van der Waals surface area contributed by atoms with Crippen molar-refractivity contribution in [2.45, 2.75) is 18.9 Å². The monoisotopic (exact) mass is 206 g/mol. The van der Waals surface area contributed by atoms with Gasteiger partial charge in [-0.2, -0.15) is 0 Å². The van der Waals surface area contributed by atoms with Crippen LogP contribution >= 0.6 is 0 Å². The molecule has 0 aromatic heterocycles. The molecule has 0 amide bonds. The number of carbonyl (C=O) groups excluding carboxylic acids is 1. The van der Waals surface area contributed by atoms with Crippen LogP contribution in [0.5, 0.6) is 0 Å². The predicted octanol–water partition coefficient (Wildman–Crippen LogP) is 0.709. The van der Waals surface area contributed by atoms with Gasteiger partial charge in [-0.05, 0) is 18.8 Å². The molecule has 0 saturated heterocycles. The fraction of sp³-hybridized carbons (Fsp3) is 0.727. The van der Waals surface area contributed by atoms with Gasteiger partial charge in [-0.3, -0.25) is 14.8 Å². The van der Waals surface area contributed by atoms with Gasteiger partial charge < -0.3 is 4.74 Å². The van der Waals surface area contributed by atoms with Crippen molar-refractivity contribution in [2.75, 3.05) is 13.7 Å². The zero-order valence-corrected chi connectivity index (χ0v) is 8.72. The van der Waals surface area contributed by atoms with Crippen LogP contribution in [0.4, 0.5) is 0 Å². The Kier molecular flexibility index (Phi) is 1.75. The zero-order valence-electron chi connectivity index (χ0n) is 8.72. The molecule has 0 radical (unpaired) electrons. The third-order valence-electron chi connectivity index (χ3n) is 4.15. The van der Waals surface area contributed by atoms with Crippen LogP contribution < -0.4 is 0 Å². The van der Waals surface area contributed by atoms with Gasteiger partial charge in [-0.15, -0.1) is 0 Å². The highest BCUT2D eigenvalue weighted by Crippen LogP contribution is 2.70. The van der Waals surface area contributed by atoms with Crippen LogP contribution in [0.1, 0.15) is 12.8 Å². The summed E-state index contributed by atoms with van der Waals surface area (Å²) in [7, 11) is 1.47. The lowest BCUT2D eigenvalue weighted by molar-refractivity contribution is -0.223. The van der Waals surface area contributed by atoms with Crippen LogP contribution in [0, 0.1) is 17.3 Å². The van der Waals surface area contributed by atoms with Crippen molar-refractivity contribution in [3.05, 3.63) is 0 Å². The molecule has 2 bridgehead atoms. The number of ether oxygens (including phenoxy) is 1. The lowest BCUT2D eigenvalue weighted by Crippen LogP contribution is -2.69. The average Bonchev–Trinajstić information content (AvgIpc) is 2.15. The summed E-state index contributed by atoms with van der Waals surface area (Å²) in [6.45, 7) is 0.733. The lowest BCUT2D eigenvalue weighted by Gasteiger charge is -2.67. The Hall–Kier alpha value is -1.19. The van der Waals surface area contributed by atoms with Gasteiger partial charge in [-0.25, -0.2) is 0 Å². The minimum Gasteiger partial charge on any atom is -0.469 e. The highest BCUT2D eigenvalue weighted by molar-refractivity contribution is 6.16. The van der Waals surface area contributed by atoms with E-state index in [0.717, 1.165) is 19.4 Å². The highest BCUT2D eigenvalue weighted by Gasteiger charge is 2.72. The summed E-state index contributed by atoms with van der Waals surface area (Å²) in [5.74, 6) is 1.03. The fourth-order valence-electron chi connectivity index (χ4n) is 3.34. The summed E-state index contributed by atoms with van der Waals surface area (Å²) in [6.07, 6.45) is 5.47. The number of nitrogens with zero attached hydrogens (tertiary/aromatic N) is 2. The largest absolute Gasteiger partial charge is 0.469 e. The molecular weight excluding hydrogens is 192 g/mol. The molecule has 2 atom stereocenters. The SMILES string of the molecule is COC(=O)C12CC(C1)C2C1CN=CC=N1. The maximum absolute atomic E-state index is 11.7. The number of hydrogen-bond acceptors (Lipinski definition) is 4. The Morgan fingerprint density at radius 1 is 1.47 bits per heavy atom. The second-order valence-electron chi connectivity index (χ2n) is 4.72. The molecule has 3 fully saturated rings. The molecule has 0 spiro atoms. The zero-order chi connectivity index (χ0) is 10.5. The first-order valence-electron chi connectivity index (χ1n) is 5.38. The molecule has 2 unspecified atom stereocenters.